The van der Waals surface area contributed by atoms with Gasteiger partial charge in [-0.1, -0.05) is 18.2 Å². The number of unbranched alkanes of at least 4 members (excludes halogenated alkanes) is 2. The quantitative estimate of drug-likeness (QED) is 0.0302. The Kier molecular flexibility index (Phi) is 15.6. The van der Waals surface area contributed by atoms with Crippen molar-refractivity contribution in [2.24, 2.45) is 5.92 Å². The Morgan fingerprint density at radius 2 is 1.83 bits per heavy atom. The van der Waals surface area contributed by atoms with E-state index in [-0.39, 0.29) is 55.6 Å². The second-order valence-electron chi connectivity index (χ2n) is 10.8. The number of carbonyl (C=O) groups is 3. The molecular weight excluding hydrogens is 658 g/mol. The maximum atomic E-state index is 14.4. The minimum atomic E-state index is -3.51. The number of hydrogen-bond acceptors (Lipinski definition) is 8. The van der Waals surface area contributed by atoms with E-state index in [2.05, 4.69) is 19.1 Å². The Balaban J connectivity index is 2.22. The Hall–Kier alpha value is -1.78. The fraction of sp³-hybridized carbons (Fsp3) is 0.667. The third kappa shape index (κ3) is 12.5. The fourth-order valence-electron chi connectivity index (χ4n) is 4.49. The summed E-state index contributed by atoms with van der Waals surface area (Å²) in [7, 11) is -3.51. The van der Waals surface area contributed by atoms with Gasteiger partial charge in [-0.15, -0.1) is 0 Å². The van der Waals surface area contributed by atoms with Crippen LogP contribution >= 0.6 is 7.37 Å². The first-order valence-corrected chi connectivity index (χ1v) is 19.4. The van der Waals surface area contributed by atoms with Crippen LogP contribution in [0.4, 0.5) is 0 Å². The summed E-state index contributed by atoms with van der Waals surface area (Å²) >= 11 is -0.205. The number of amidine groups is 1. The topological polar surface area (TPSA) is 123 Å². The van der Waals surface area contributed by atoms with Gasteiger partial charge in [0.1, 0.15) is 0 Å². The molecule has 0 spiro atoms. The second kappa shape index (κ2) is 18.0. The number of nitrogens with one attached hydrogen (secondary N) is 1. The van der Waals surface area contributed by atoms with Crippen LogP contribution in [0, 0.1) is 11.3 Å². The number of rotatable bonds is 17. The minimum absolute atomic E-state index is 0.0354. The maximum absolute atomic E-state index is 14.4. The molecule has 0 bridgehead atoms. The summed E-state index contributed by atoms with van der Waals surface area (Å²) < 4.78 is 32.3. The molecule has 1 saturated heterocycles. The zero-order valence-electron chi connectivity index (χ0n) is 25.1. The van der Waals surface area contributed by atoms with Crippen molar-refractivity contribution >= 4 is 31.1 Å². The monoisotopic (exact) mass is 705 g/mol. The first kappa shape index (κ1) is 35.4. The molecule has 1 aliphatic heterocycles. The predicted molar refractivity (Wildman–Crippen MR) is 156 cm³/mol. The summed E-state index contributed by atoms with van der Waals surface area (Å²) in [5.74, 6) is -2.00. The Labute approximate surface area is 255 Å². The van der Waals surface area contributed by atoms with E-state index < -0.39 is 37.6 Å². The summed E-state index contributed by atoms with van der Waals surface area (Å²) in [6.45, 7) is 9.18. The van der Waals surface area contributed by atoms with Crippen molar-refractivity contribution in [2.45, 2.75) is 95.8 Å². The van der Waals surface area contributed by atoms with Gasteiger partial charge in [0.25, 0.3) is 0 Å². The van der Waals surface area contributed by atoms with Gasteiger partial charge in [0, 0.05) is 0 Å². The van der Waals surface area contributed by atoms with Crippen molar-refractivity contribution < 1.29 is 54.2 Å². The van der Waals surface area contributed by atoms with Crippen LogP contribution < -0.4 is 21.2 Å². The van der Waals surface area contributed by atoms with Crippen LogP contribution in [0.5, 0.6) is 0 Å². The summed E-state index contributed by atoms with van der Waals surface area (Å²) in [4.78, 5) is 38.1. The number of ether oxygens (including phenoxy) is 2. The second-order valence-corrected chi connectivity index (χ2v) is 17.1. The van der Waals surface area contributed by atoms with E-state index in [0.717, 1.165) is 30.1 Å². The van der Waals surface area contributed by atoms with Crippen LogP contribution in [0.1, 0.15) is 78.7 Å². The average Bonchev–Trinajstić information content (AvgIpc) is 3.36. The van der Waals surface area contributed by atoms with Crippen LogP contribution in [-0.2, 0) is 39.4 Å². The molecule has 0 aromatic heterocycles. The van der Waals surface area contributed by atoms with Crippen molar-refractivity contribution in [2.75, 3.05) is 23.3 Å². The molecule has 9 nitrogen and oxygen atoms in total. The molecule has 1 heterocycles. The van der Waals surface area contributed by atoms with E-state index in [9.17, 15) is 18.9 Å². The summed E-state index contributed by atoms with van der Waals surface area (Å²) in [6, 6.07) is 9.29. The van der Waals surface area contributed by atoms with E-state index in [4.69, 9.17) is 19.4 Å². The van der Waals surface area contributed by atoms with Crippen LogP contribution in [0.15, 0.2) is 30.3 Å². The van der Waals surface area contributed by atoms with Gasteiger partial charge >= 0.3 is 238 Å². The Morgan fingerprint density at radius 1 is 1.12 bits per heavy atom. The Bertz CT molecular complexity index is 1050. The molecule has 1 fully saturated rings. The van der Waals surface area contributed by atoms with E-state index in [1.807, 2.05) is 32.0 Å². The van der Waals surface area contributed by atoms with Crippen molar-refractivity contribution in [3.8, 4) is 0 Å². The van der Waals surface area contributed by atoms with Gasteiger partial charge in [-0.25, -0.2) is 0 Å². The van der Waals surface area contributed by atoms with Crippen LogP contribution in [0.25, 0.3) is 0 Å². The molecule has 0 radical (unpaired) electrons. The van der Waals surface area contributed by atoms with Gasteiger partial charge in [-0.2, -0.15) is 0 Å². The van der Waals surface area contributed by atoms with E-state index in [1.54, 1.807) is 11.8 Å². The normalized spacial score (nSPS) is 19.1. The first-order valence-electron chi connectivity index (χ1n) is 14.6. The molecule has 4 atom stereocenters. The summed E-state index contributed by atoms with van der Waals surface area (Å²) in [5, 5.41) is 8.98. The molecule has 41 heavy (non-hydrogen) atoms. The third-order valence-corrected chi connectivity index (χ3v) is 12.7. The fourth-order valence-corrected chi connectivity index (χ4v) is 10.5. The molecule has 1 aromatic rings. The number of esters is 3. The molecular formula is C30H47IN2O7P-. The molecule has 232 valence electrons. The molecule has 1 unspecified atom stereocenters. The Morgan fingerprint density at radius 3 is 2.44 bits per heavy atom. The molecule has 0 saturated carbocycles. The first-order chi connectivity index (χ1) is 19.5. The van der Waals surface area contributed by atoms with Crippen molar-refractivity contribution in [3.63, 3.8) is 0 Å². The molecule has 11 heteroatoms. The van der Waals surface area contributed by atoms with Crippen molar-refractivity contribution in [1.29, 1.82) is 5.41 Å². The van der Waals surface area contributed by atoms with Crippen molar-refractivity contribution in [1.82, 2.24) is 4.90 Å². The van der Waals surface area contributed by atoms with Crippen LogP contribution in [-0.4, -0.2) is 68.2 Å². The number of aryl methyl sites for hydroxylation is 1. The standard InChI is InChI=1S/C30H47IN2O7P/c1-6-8-17-31-25-19-26(29(36)38-23(5)34)33(20-25)27(32)21-41(37,40-30(22(3)4)39-28(35)7-2)18-13-12-16-24-14-10-9-11-15-24/h9-11,14-15,22,25-26,30,32H,6-8,12-13,16-21H2,1-5H3/q-1/t25-,26+,30-,41?/m1/s1. The SMILES string of the molecule is CCCC[I-][C@@H]1C[C@@H](C(=O)OC(C)=O)N(C(=N)CP(=O)(CCCCc2ccccc2)O[C@@H](OC(=O)CC)C(C)C)C1. The van der Waals surface area contributed by atoms with Gasteiger partial charge in [0.05, 0.1) is 0 Å². The zero-order valence-corrected chi connectivity index (χ0v) is 28.2. The van der Waals surface area contributed by atoms with E-state index in [0.29, 0.717) is 19.4 Å². The average molecular weight is 706 g/mol. The van der Waals surface area contributed by atoms with Gasteiger partial charge in [0.15, 0.2) is 0 Å². The van der Waals surface area contributed by atoms with Gasteiger partial charge in [-0.05, 0) is 0 Å². The number of alkyl halides is 2. The van der Waals surface area contributed by atoms with E-state index >= 15 is 0 Å². The molecule has 1 aromatic carbocycles. The molecule has 0 aliphatic carbocycles. The third-order valence-electron chi connectivity index (χ3n) is 6.75. The van der Waals surface area contributed by atoms with Gasteiger partial charge < -0.3 is 0 Å². The zero-order chi connectivity index (χ0) is 30.4. The number of benzene rings is 1. The summed E-state index contributed by atoms with van der Waals surface area (Å²) in [5.41, 5.74) is 1.19. The number of hydrogen-bond donors (Lipinski definition) is 1. The van der Waals surface area contributed by atoms with Crippen molar-refractivity contribution in [3.05, 3.63) is 35.9 Å². The number of likely N-dealkylation sites (tertiary alicyclic amines) is 1. The number of halogens is 1. The van der Waals surface area contributed by atoms with Crippen LogP contribution in [0.3, 0.4) is 0 Å². The number of carbonyl (C=O) groups excluding carboxylic acids is 3. The summed E-state index contributed by atoms with van der Waals surface area (Å²) in [6.07, 6.45) is 4.17. The van der Waals surface area contributed by atoms with Gasteiger partial charge in [-0.3, -0.25) is 0 Å². The number of nitrogens with zero attached hydrogens (tertiary/aromatic N) is 1. The van der Waals surface area contributed by atoms with E-state index in [1.165, 1.54) is 12.5 Å². The van der Waals surface area contributed by atoms with Crippen LogP contribution in [0.2, 0.25) is 0 Å². The predicted octanol–water partition coefficient (Wildman–Crippen LogP) is 2.64. The molecule has 1 N–H and O–H groups in total. The molecule has 2 rings (SSSR count). The molecule has 0 amide bonds. The van der Waals surface area contributed by atoms with Gasteiger partial charge in [0.2, 0.25) is 0 Å². The molecule has 1 aliphatic rings.